The molecule has 0 spiro atoms. The highest BCUT2D eigenvalue weighted by molar-refractivity contribution is 7.12. The number of para-hydroxylation sites is 2. The van der Waals surface area contributed by atoms with Crippen molar-refractivity contribution in [2.75, 3.05) is 26.8 Å². The first-order valence-corrected chi connectivity index (χ1v) is 9.36. The molecule has 0 aliphatic carbocycles. The third kappa shape index (κ3) is 3.43. The topological polar surface area (TPSA) is 30.9 Å². The van der Waals surface area contributed by atoms with Crippen molar-refractivity contribution < 1.29 is 14.2 Å². The average Bonchev–Trinajstić information content (AvgIpc) is 3.24. The van der Waals surface area contributed by atoms with Crippen molar-refractivity contribution in [2.45, 2.75) is 31.6 Å². The Balaban J connectivity index is 1.27. The van der Waals surface area contributed by atoms with Crippen molar-refractivity contribution in [2.24, 2.45) is 0 Å². The van der Waals surface area contributed by atoms with E-state index in [1.807, 2.05) is 35.6 Å². The molecular formula is C19H23NO3S. The van der Waals surface area contributed by atoms with Crippen LogP contribution in [-0.2, 0) is 11.3 Å². The van der Waals surface area contributed by atoms with Gasteiger partial charge in [0.2, 0.25) is 0 Å². The lowest BCUT2D eigenvalue weighted by molar-refractivity contribution is 0.0137. The molecule has 2 saturated heterocycles. The Bertz CT molecular complexity index is 675. The van der Waals surface area contributed by atoms with Gasteiger partial charge < -0.3 is 14.2 Å². The first-order chi connectivity index (χ1) is 11.8. The van der Waals surface area contributed by atoms with E-state index in [-0.39, 0.29) is 6.10 Å². The van der Waals surface area contributed by atoms with Crippen LogP contribution >= 0.6 is 11.3 Å². The molecule has 1 atom stereocenters. The number of ether oxygens (including phenoxy) is 3. The molecule has 2 fully saturated rings. The molecule has 1 aromatic heterocycles. The zero-order valence-corrected chi connectivity index (χ0v) is 14.8. The van der Waals surface area contributed by atoms with Crippen LogP contribution in [0.25, 0.3) is 0 Å². The van der Waals surface area contributed by atoms with Crippen LogP contribution in [-0.4, -0.2) is 37.8 Å². The molecule has 4 rings (SSSR count). The van der Waals surface area contributed by atoms with E-state index < -0.39 is 0 Å². The van der Waals surface area contributed by atoms with Gasteiger partial charge in [-0.2, -0.15) is 0 Å². The minimum absolute atomic E-state index is 0.249. The smallest absolute Gasteiger partial charge is 0.161 e. The van der Waals surface area contributed by atoms with E-state index in [1.54, 1.807) is 7.11 Å². The maximum absolute atomic E-state index is 6.04. The minimum atomic E-state index is 0.249. The summed E-state index contributed by atoms with van der Waals surface area (Å²) in [6, 6.07) is 12.3. The van der Waals surface area contributed by atoms with Gasteiger partial charge in [-0.3, -0.25) is 4.90 Å². The standard InChI is InChI=1S/C19H23NO3S/c1-21-16-5-2-3-6-17(16)23-14-11-20(12-14)13-15-8-9-19(24-15)18-7-4-10-22-18/h2-3,5-6,8-9,14,18H,4,7,10-13H2,1H3/t18-/m0/s1. The summed E-state index contributed by atoms with van der Waals surface area (Å²) in [4.78, 5) is 5.21. The molecule has 24 heavy (non-hydrogen) atoms. The maximum Gasteiger partial charge on any atom is 0.161 e. The molecule has 0 saturated carbocycles. The molecule has 1 aromatic carbocycles. The second-order valence-electron chi connectivity index (χ2n) is 6.39. The van der Waals surface area contributed by atoms with E-state index in [4.69, 9.17) is 14.2 Å². The third-order valence-electron chi connectivity index (χ3n) is 4.60. The fraction of sp³-hybridized carbons (Fsp3) is 0.474. The number of hydrogen-bond donors (Lipinski definition) is 0. The lowest BCUT2D eigenvalue weighted by atomic mass is 10.1. The van der Waals surface area contributed by atoms with E-state index >= 15 is 0 Å². The van der Waals surface area contributed by atoms with Gasteiger partial charge in [0.1, 0.15) is 6.10 Å². The van der Waals surface area contributed by atoms with Gasteiger partial charge in [-0.05, 0) is 37.1 Å². The number of thiophene rings is 1. The lowest BCUT2D eigenvalue weighted by Crippen LogP contribution is -2.52. The van der Waals surface area contributed by atoms with Gasteiger partial charge >= 0.3 is 0 Å². The van der Waals surface area contributed by atoms with Gasteiger partial charge in [0.25, 0.3) is 0 Å². The average molecular weight is 345 g/mol. The molecule has 2 aliphatic rings. The summed E-state index contributed by atoms with van der Waals surface area (Å²) in [6.07, 6.45) is 2.94. The molecule has 0 amide bonds. The van der Waals surface area contributed by atoms with Crippen molar-refractivity contribution >= 4 is 11.3 Å². The molecule has 0 N–H and O–H groups in total. The maximum atomic E-state index is 6.04. The molecule has 128 valence electrons. The molecular weight excluding hydrogens is 322 g/mol. The van der Waals surface area contributed by atoms with Crippen molar-refractivity contribution in [3.63, 3.8) is 0 Å². The van der Waals surface area contributed by atoms with E-state index in [0.29, 0.717) is 6.10 Å². The van der Waals surface area contributed by atoms with Crippen LogP contribution in [0.5, 0.6) is 11.5 Å². The van der Waals surface area contributed by atoms with Crippen molar-refractivity contribution in [1.29, 1.82) is 0 Å². The highest BCUT2D eigenvalue weighted by atomic mass is 32.1. The Morgan fingerprint density at radius 1 is 1.17 bits per heavy atom. The van der Waals surface area contributed by atoms with Crippen LogP contribution in [0, 0.1) is 0 Å². The largest absolute Gasteiger partial charge is 0.493 e. The third-order valence-corrected chi connectivity index (χ3v) is 5.76. The molecule has 2 aliphatic heterocycles. The second-order valence-corrected chi connectivity index (χ2v) is 7.59. The van der Waals surface area contributed by atoms with Crippen LogP contribution in [0.4, 0.5) is 0 Å². The Labute approximate surface area is 147 Å². The van der Waals surface area contributed by atoms with Crippen LogP contribution in [0.1, 0.15) is 28.7 Å². The molecule has 5 heteroatoms. The first kappa shape index (κ1) is 15.9. The predicted molar refractivity (Wildman–Crippen MR) is 94.9 cm³/mol. The lowest BCUT2D eigenvalue weighted by Gasteiger charge is -2.38. The SMILES string of the molecule is COc1ccccc1OC1CN(Cc2ccc([C@@H]3CCCO3)s2)C1. The molecule has 4 nitrogen and oxygen atoms in total. The zero-order valence-electron chi connectivity index (χ0n) is 13.9. The number of hydrogen-bond acceptors (Lipinski definition) is 5. The number of methoxy groups -OCH3 is 1. The first-order valence-electron chi connectivity index (χ1n) is 8.54. The Morgan fingerprint density at radius 2 is 2.00 bits per heavy atom. The van der Waals surface area contributed by atoms with E-state index in [1.165, 1.54) is 22.6 Å². The highest BCUT2D eigenvalue weighted by Gasteiger charge is 2.29. The van der Waals surface area contributed by atoms with E-state index in [2.05, 4.69) is 17.0 Å². The fourth-order valence-electron chi connectivity index (χ4n) is 3.30. The van der Waals surface area contributed by atoms with Crippen LogP contribution in [0.15, 0.2) is 36.4 Å². The van der Waals surface area contributed by atoms with Crippen molar-refractivity contribution in [3.8, 4) is 11.5 Å². The summed E-state index contributed by atoms with van der Waals surface area (Å²) in [6.45, 7) is 3.84. The van der Waals surface area contributed by atoms with Gasteiger partial charge in [-0.25, -0.2) is 0 Å². The number of likely N-dealkylation sites (tertiary alicyclic amines) is 1. The summed E-state index contributed by atoms with van der Waals surface area (Å²) in [5.41, 5.74) is 0. The zero-order chi connectivity index (χ0) is 16.4. The Morgan fingerprint density at radius 3 is 2.75 bits per heavy atom. The number of nitrogens with zero attached hydrogens (tertiary/aromatic N) is 1. The number of rotatable bonds is 6. The normalized spacial score (nSPS) is 21.6. The molecule has 0 bridgehead atoms. The molecule has 3 heterocycles. The van der Waals surface area contributed by atoms with E-state index in [0.717, 1.165) is 37.7 Å². The molecule has 0 radical (unpaired) electrons. The van der Waals surface area contributed by atoms with Gasteiger partial charge in [0.15, 0.2) is 11.5 Å². The van der Waals surface area contributed by atoms with Gasteiger partial charge in [0, 0.05) is 36.0 Å². The quantitative estimate of drug-likeness (QED) is 0.795. The summed E-state index contributed by atoms with van der Waals surface area (Å²) >= 11 is 1.89. The van der Waals surface area contributed by atoms with Gasteiger partial charge in [-0.1, -0.05) is 12.1 Å². The predicted octanol–water partition coefficient (Wildman–Crippen LogP) is 3.87. The highest BCUT2D eigenvalue weighted by Crippen LogP contribution is 2.34. The Hall–Kier alpha value is -1.56. The summed E-state index contributed by atoms with van der Waals surface area (Å²) in [5, 5.41) is 0. The minimum Gasteiger partial charge on any atom is -0.493 e. The van der Waals surface area contributed by atoms with Crippen molar-refractivity contribution in [3.05, 3.63) is 46.2 Å². The fourth-order valence-corrected chi connectivity index (χ4v) is 4.44. The van der Waals surface area contributed by atoms with Crippen molar-refractivity contribution in [1.82, 2.24) is 4.90 Å². The molecule has 2 aromatic rings. The van der Waals surface area contributed by atoms with Gasteiger partial charge in [0.05, 0.1) is 13.2 Å². The van der Waals surface area contributed by atoms with Gasteiger partial charge in [-0.15, -0.1) is 11.3 Å². The van der Waals surface area contributed by atoms with Crippen LogP contribution in [0.3, 0.4) is 0 Å². The Kier molecular flexibility index (Phi) is 4.74. The summed E-state index contributed by atoms with van der Waals surface area (Å²) in [5.74, 6) is 1.64. The molecule has 0 unspecified atom stereocenters. The summed E-state index contributed by atoms with van der Waals surface area (Å²) < 4.78 is 17.2. The number of benzene rings is 1. The monoisotopic (exact) mass is 345 g/mol. The van der Waals surface area contributed by atoms with Crippen LogP contribution in [0.2, 0.25) is 0 Å². The van der Waals surface area contributed by atoms with E-state index in [9.17, 15) is 0 Å². The second kappa shape index (κ2) is 7.13. The van der Waals surface area contributed by atoms with Crippen LogP contribution < -0.4 is 9.47 Å². The summed E-state index contributed by atoms with van der Waals surface area (Å²) in [7, 11) is 1.68.